The van der Waals surface area contributed by atoms with Gasteiger partial charge in [-0.1, -0.05) is 13.8 Å². The van der Waals surface area contributed by atoms with E-state index in [1.54, 1.807) is 32.0 Å². The van der Waals surface area contributed by atoms with E-state index < -0.39 is 17.2 Å². The predicted octanol–water partition coefficient (Wildman–Crippen LogP) is 3.90. The number of nitrogens with one attached hydrogen (secondary N) is 2. The fourth-order valence-electron chi connectivity index (χ4n) is 3.25. The SMILES string of the molecule is CC(C)(Cc1ccc(C(=O)Oc2ccc(C(=N)N)cc2F)s1)C(=O)Nc1cc(C=O)cc(CO)c1. The molecule has 3 rings (SSSR count). The maximum Gasteiger partial charge on any atom is 0.353 e. The normalized spacial score (nSPS) is 11.1. The average molecular weight is 498 g/mol. The second kappa shape index (κ2) is 10.6. The first-order chi connectivity index (χ1) is 16.5. The number of hydrogen-bond acceptors (Lipinski definition) is 7. The number of amidine groups is 1. The number of hydrogen-bond donors (Lipinski definition) is 4. The van der Waals surface area contributed by atoms with E-state index in [9.17, 15) is 23.9 Å². The summed E-state index contributed by atoms with van der Waals surface area (Å²) in [5.74, 6) is -2.46. The van der Waals surface area contributed by atoms with Gasteiger partial charge in [0.05, 0.1) is 6.61 Å². The lowest BCUT2D eigenvalue weighted by molar-refractivity contribution is -0.123. The number of rotatable bonds is 9. The number of aliphatic hydroxyl groups is 1. The van der Waals surface area contributed by atoms with Crippen LogP contribution in [0, 0.1) is 16.6 Å². The second-order valence-corrected chi connectivity index (χ2v) is 9.64. The third kappa shape index (κ3) is 6.37. The quantitative estimate of drug-likeness (QED) is 0.116. The topological polar surface area (TPSA) is 143 Å². The van der Waals surface area contributed by atoms with Gasteiger partial charge in [-0.25, -0.2) is 9.18 Å². The molecule has 0 aliphatic carbocycles. The van der Waals surface area contributed by atoms with Crippen LogP contribution in [0.3, 0.4) is 0 Å². The number of benzene rings is 2. The van der Waals surface area contributed by atoms with Gasteiger partial charge in [0.25, 0.3) is 0 Å². The van der Waals surface area contributed by atoms with Crippen LogP contribution in [0.4, 0.5) is 10.1 Å². The highest BCUT2D eigenvalue weighted by molar-refractivity contribution is 7.14. The summed E-state index contributed by atoms with van der Waals surface area (Å²) in [6.45, 7) is 3.21. The Hall–Kier alpha value is -3.89. The van der Waals surface area contributed by atoms with Gasteiger partial charge >= 0.3 is 5.97 Å². The van der Waals surface area contributed by atoms with Crippen molar-refractivity contribution in [1.82, 2.24) is 0 Å². The van der Waals surface area contributed by atoms with Crippen molar-refractivity contribution in [2.45, 2.75) is 26.9 Å². The van der Waals surface area contributed by atoms with Crippen LogP contribution in [0.1, 0.15) is 49.9 Å². The van der Waals surface area contributed by atoms with Gasteiger partial charge in [-0.15, -0.1) is 11.3 Å². The Morgan fingerprint density at radius 3 is 2.57 bits per heavy atom. The van der Waals surface area contributed by atoms with Crippen LogP contribution in [0.2, 0.25) is 0 Å². The van der Waals surface area contributed by atoms with E-state index in [4.69, 9.17) is 15.9 Å². The molecule has 0 atom stereocenters. The van der Waals surface area contributed by atoms with Crippen molar-refractivity contribution in [1.29, 1.82) is 5.41 Å². The third-order valence-corrected chi connectivity index (χ3v) is 6.20. The molecule has 5 N–H and O–H groups in total. The summed E-state index contributed by atoms with van der Waals surface area (Å²) < 4.78 is 19.3. The Balaban J connectivity index is 1.68. The first-order valence-corrected chi connectivity index (χ1v) is 11.3. The van der Waals surface area contributed by atoms with Gasteiger partial charge in [-0.05, 0) is 60.5 Å². The molecule has 182 valence electrons. The van der Waals surface area contributed by atoms with E-state index >= 15 is 0 Å². The third-order valence-electron chi connectivity index (χ3n) is 5.13. The summed E-state index contributed by atoms with van der Waals surface area (Å²) in [5.41, 5.74) is 5.84. The zero-order valence-corrected chi connectivity index (χ0v) is 19.9. The molecular weight excluding hydrogens is 473 g/mol. The number of thiophene rings is 1. The fraction of sp³-hybridized carbons (Fsp3) is 0.200. The van der Waals surface area contributed by atoms with Gasteiger partial charge in [-0.2, -0.15) is 0 Å². The van der Waals surface area contributed by atoms with Crippen LogP contribution in [0.5, 0.6) is 5.75 Å². The van der Waals surface area contributed by atoms with Gasteiger partial charge in [0.15, 0.2) is 11.6 Å². The molecule has 8 nitrogen and oxygen atoms in total. The molecule has 0 saturated carbocycles. The summed E-state index contributed by atoms with van der Waals surface area (Å²) in [5, 5.41) is 19.5. The number of nitrogens with two attached hydrogens (primary N) is 1. The Morgan fingerprint density at radius 2 is 1.94 bits per heavy atom. The number of halogens is 1. The van der Waals surface area contributed by atoms with Gasteiger partial charge < -0.3 is 20.9 Å². The Bertz CT molecular complexity index is 1300. The maximum absolute atomic E-state index is 14.2. The van der Waals surface area contributed by atoms with Crippen molar-refractivity contribution in [3.05, 3.63) is 80.8 Å². The molecule has 0 aliphatic rings. The second-order valence-electron chi connectivity index (χ2n) is 8.47. The summed E-state index contributed by atoms with van der Waals surface area (Å²) >= 11 is 1.13. The lowest BCUT2D eigenvalue weighted by Crippen LogP contribution is -2.32. The summed E-state index contributed by atoms with van der Waals surface area (Å²) in [6.07, 6.45) is 0.939. The number of ether oxygens (including phenoxy) is 1. The molecule has 0 aliphatic heterocycles. The predicted molar refractivity (Wildman–Crippen MR) is 131 cm³/mol. The molecule has 0 saturated heterocycles. The Kier molecular flexibility index (Phi) is 7.78. The van der Waals surface area contributed by atoms with Crippen LogP contribution in [-0.2, 0) is 17.8 Å². The molecule has 0 spiro atoms. The van der Waals surface area contributed by atoms with E-state index in [1.807, 2.05) is 0 Å². The highest BCUT2D eigenvalue weighted by Crippen LogP contribution is 2.29. The van der Waals surface area contributed by atoms with E-state index in [-0.39, 0.29) is 34.5 Å². The summed E-state index contributed by atoms with van der Waals surface area (Å²) in [7, 11) is 0. The van der Waals surface area contributed by atoms with Crippen LogP contribution < -0.4 is 15.8 Å². The number of carbonyl (C=O) groups excluding carboxylic acids is 3. The Labute approximate surface area is 205 Å². The van der Waals surface area contributed by atoms with E-state index in [0.29, 0.717) is 29.5 Å². The number of anilines is 1. The molecule has 0 fully saturated rings. The van der Waals surface area contributed by atoms with Crippen LogP contribution >= 0.6 is 11.3 Å². The molecule has 10 heteroatoms. The maximum atomic E-state index is 14.2. The van der Waals surface area contributed by atoms with Crippen molar-refractivity contribution < 1.29 is 28.6 Å². The number of aldehydes is 1. The molecule has 3 aromatic rings. The van der Waals surface area contributed by atoms with Crippen molar-refractivity contribution in [3.63, 3.8) is 0 Å². The number of amides is 1. The monoisotopic (exact) mass is 497 g/mol. The lowest BCUT2D eigenvalue weighted by Gasteiger charge is -2.23. The fourth-order valence-corrected chi connectivity index (χ4v) is 4.36. The molecule has 0 unspecified atom stereocenters. The van der Waals surface area contributed by atoms with Gasteiger partial charge in [-0.3, -0.25) is 15.0 Å². The molecule has 35 heavy (non-hydrogen) atoms. The highest BCUT2D eigenvalue weighted by Gasteiger charge is 2.29. The van der Waals surface area contributed by atoms with Gasteiger partial charge in [0, 0.05) is 27.1 Å². The molecule has 0 radical (unpaired) electrons. The van der Waals surface area contributed by atoms with Crippen LogP contribution in [0.15, 0.2) is 48.5 Å². The first-order valence-electron chi connectivity index (χ1n) is 10.5. The smallest absolute Gasteiger partial charge is 0.353 e. The number of esters is 1. The number of aliphatic hydroxyl groups excluding tert-OH is 1. The minimum absolute atomic E-state index is 0.173. The largest absolute Gasteiger partial charge is 0.419 e. The average Bonchev–Trinajstić information content (AvgIpc) is 3.27. The molecule has 1 heterocycles. The lowest BCUT2D eigenvalue weighted by atomic mass is 9.87. The Morgan fingerprint density at radius 1 is 1.20 bits per heavy atom. The number of nitrogen functional groups attached to an aromatic ring is 1. The van der Waals surface area contributed by atoms with Crippen molar-refractivity contribution in [2.75, 3.05) is 5.32 Å². The van der Waals surface area contributed by atoms with E-state index in [1.165, 1.54) is 24.3 Å². The summed E-state index contributed by atoms with van der Waals surface area (Å²) in [6, 6.07) is 11.5. The molecule has 1 aromatic heterocycles. The zero-order valence-electron chi connectivity index (χ0n) is 19.1. The summed E-state index contributed by atoms with van der Waals surface area (Å²) in [4.78, 5) is 37.5. The highest BCUT2D eigenvalue weighted by atomic mass is 32.1. The van der Waals surface area contributed by atoms with E-state index in [2.05, 4.69) is 5.32 Å². The van der Waals surface area contributed by atoms with Crippen molar-refractivity contribution in [3.8, 4) is 5.75 Å². The van der Waals surface area contributed by atoms with E-state index in [0.717, 1.165) is 22.3 Å². The van der Waals surface area contributed by atoms with Crippen LogP contribution in [0.25, 0.3) is 0 Å². The van der Waals surface area contributed by atoms with Gasteiger partial charge in [0.1, 0.15) is 17.0 Å². The first kappa shape index (κ1) is 25.7. The zero-order chi connectivity index (χ0) is 25.8. The minimum atomic E-state index is -0.878. The van der Waals surface area contributed by atoms with Crippen molar-refractivity contribution in [2.24, 2.45) is 11.1 Å². The van der Waals surface area contributed by atoms with Crippen molar-refractivity contribution >= 4 is 41.0 Å². The minimum Gasteiger partial charge on any atom is -0.419 e. The molecule has 0 bridgehead atoms. The molecule has 2 aromatic carbocycles. The van der Waals surface area contributed by atoms with Gasteiger partial charge in [0.2, 0.25) is 5.91 Å². The van der Waals surface area contributed by atoms with Crippen LogP contribution in [-0.4, -0.2) is 29.1 Å². The molecular formula is C25H24FN3O5S. The standard InChI is InChI=1S/C25H24FN3O5S/c1-25(2,24(33)29-17-8-14(12-30)7-15(9-17)13-31)11-18-4-6-21(35-18)23(32)34-20-5-3-16(22(27)28)10-19(20)26/h3-10,12,31H,11,13H2,1-2H3,(H3,27,28)(H,29,33). The number of carbonyl (C=O) groups is 3. The molecule has 1 amide bonds.